The number of thioether (sulfide) groups is 1. The summed E-state index contributed by atoms with van der Waals surface area (Å²) in [4.78, 5) is 17.1. The van der Waals surface area contributed by atoms with E-state index in [1.54, 1.807) is 11.8 Å². The average Bonchev–Trinajstić information content (AvgIpc) is 2.66. The largest absolute Gasteiger partial charge is 0.325 e. The number of amides is 1. The van der Waals surface area contributed by atoms with Crippen LogP contribution in [0.1, 0.15) is 16.7 Å². The number of carbonyl (C=O) groups is 1. The third-order valence-corrected chi connectivity index (χ3v) is 5.84. The highest BCUT2D eigenvalue weighted by molar-refractivity contribution is 7.99. The molecule has 1 aliphatic heterocycles. The van der Waals surface area contributed by atoms with Gasteiger partial charge in [-0.2, -0.15) is 0 Å². The van der Waals surface area contributed by atoms with Crippen molar-refractivity contribution >= 4 is 23.4 Å². The molecule has 27 heavy (non-hydrogen) atoms. The van der Waals surface area contributed by atoms with E-state index in [1.807, 2.05) is 12.1 Å². The van der Waals surface area contributed by atoms with Gasteiger partial charge in [0.15, 0.2) is 0 Å². The van der Waals surface area contributed by atoms with E-state index in [0.717, 1.165) is 44.2 Å². The summed E-state index contributed by atoms with van der Waals surface area (Å²) in [5.74, 6) is 1.39. The maximum Gasteiger partial charge on any atom is 0.234 e. The summed E-state index contributed by atoms with van der Waals surface area (Å²) < 4.78 is 0. The third-order valence-electron chi connectivity index (χ3n) is 4.84. The highest BCUT2D eigenvalue weighted by Crippen LogP contribution is 2.16. The number of nitrogens with zero attached hydrogens (tertiary/aromatic N) is 2. The number of hydrogen-bond donors (Lipinski definition) is 1. The highest BCUT2D eigenvalue weighted by atomic mass is 32.2. The average molecular weight is 384 g/mol. The van der Waals surface area contributed by atoms with E-state index in [9.17, 15) is 4.79 Å². The Morgan fingerprint density at radius 2 is 1.78 bits per heavy atom. The third kappa shape index (κ3) is 6.69. The first-order valence-corrected chi connectivity index (χ1v) is 10.7. The number of benzene rings is 2. The smallest absolute Gasteiger partial charge is 0.234 e. The van der Waals surface area contributed by atoms with Gasteiger partial charge < -0.3 is 10.2 Å². The molecule has 0 bridgehead atoms. The number of nitrogens with one attached hydrogen (secondary N) is 1. The molecule has 0 spiro atoms. The van der Waals surface area contributed by atoms with Crippen LogP contribution in [0.15, 0.2) is 48.5 Å². The SMILES string of the molecule is Cc1ccc(CSCC(=O)Nc2cccc(CN3CCN(C)CC3)c2)cc1. The van der Waals surface area contributed by atoms with Crippen molar-refractivity contribution < 1.29 is 4.79 Å². The molecule has 1 N–H and O–H groups in total. The molecule has 1 heterocycles. The van der Waals surface area contributed by atoms with Gasteiger partial charge in [-0.05, 0) is 37.2 Å². The second-order valence-electron chi connectivity index (χ2n) is 7.31. The van der Waals surface area contributed by atoms with E-state index in [1.165, 1.54) is 16.7 Å². The molecule has 0 radical (unpaired) electrons. The zero-order valence-electron chi connectivity index (χ0n) is 16.3. The lowest BCUT2D eigenvalue weighted by Gasteiger charge is -2.32. The van der Waals surface area contributed by atoms with E-state index in [2.05, 4.69) is 65.5 Å². The van der Waals surface area contributed by atoms with Crippen molar-refractivity contribution in [2.75, 3.05) is 44.3 Å². The molecule has 2 aromatic rings. The molecule has 1 aliphatic rings. The monoisotopic (exact) mass is 383 g/mol. The van der Waals surface area contributed by atoms with E-state index < -0.39 is 0 Å². The molecule has 1 saturated heterocycles. The van der Waals surface area contributed by atoms with Crippen molar-refractivity contribution in [1.29, 1.82) is 0 Å². The van der Waals surface area contributed by atoms with Crippen LogP contribution in [0, 0.1) is 6.92 Å². The van der Waals surface area contributed by atoms with Gasteiger partial charge in [0, 0.05) is 44.2 Å². The zero-order valence-corrected chi connectivity index (χ0v) is 17.1. The quantitative estimate of drug-likeness (QED) is 0.792. The molecule has 0 unspecified atom stereocenters. The molecule has 1 amide bonds. The van der Waals surface area contributed by atoms with Gasteiger partial charge in [-0.25, -0.2) is 0 Å². The molecule has 0 aliphatic carbocycles. The summed E-state index contributed by atoms with van der Waals surface area (Å²) >= 11 is 1.65. The first kappa shape index (κ1) is 19.9. The molecular formula is C22H29N3OS. The Bertz CT molecular complexity index is 739. The van der Waals surface area contributed by atoms with Crippen molar-refractivity contribution in [2.45, 2.75) is 19.2 Å². The lowest BCUT2D eigenvalue weighted by Crippen LogP contribution is -2.43. The van der Waals surface area contributed by atoms with Gasteiger partial charge >= 0.3 is 0 Å². The Morgan fingerprint density at radius 3 is 2.52 bits per heavy atom. The molecule has 3 rings (SSSR count). The normalized spacial score (nSPS) is 15.6. The van der Waals surface area contributed by atoms with Crippen LogP contribution < -0.4 is 5.32 Å². The summed E-state index contributed by atoms with van der Waals surface area (Å²) in [6.07, 6.45) is 0. The minimum Gasteiger partial charge on any atom is -0.325 e. The Balaban J connectivity index is 1.44. The van der Waals surface area contributed by atoms with E-state index in [-0.39, 0.29) is 5.91 Å². The van der Waals surface area contributed by atoms with Gasteiger partial charge in [-0.3, -0.25) is 9.69 Å². The predicted octanol–water partition coefficient (Wildman–Crippen LogP) is 3.61. The van der Waals surface area contributed by atoms with Crippen LogP contribution in [-0.4, -0.2) is 54.7 Å². The summed E-state index contributed by atoms with van der Waals surface area (Å²) in [6.45, 7) is 7.47. The van der Waals surface area contributed by atoms with Crippen molar-refractivity contribution in [3.8, 4) is 0 Å². The van der Waals surface area contributed by atoms with Gasteiger partial charge in [0.25, 0.3) is 0 Å². The minimum absolute atomic E-state index is 0.0591. The van der Waals surface area contributed by atoms with E-state index >= 15 is 0 Å². The van der Waals surface area contributed by atoms with E-state index in [4.69, 9.17) is 0 Å². The Kier molecular flexibility index (Phi) is 7.33. The number of hydrogen-bond acceptors (Lipinski definition) is 4. The van der Waals surface area contributed by atoms with Crippen LogP contribution in [0.25, 0.3) is 0 Å². The number of rotatable bonds is 7. The van der Waals surface area contributed by atoms with Crippen molar-refractivity contribution in [3.05, 3.63) is 65.2 Å². The van der Waals surface area contributed by atoms with Crippen LogP contribution in [0.4, 0.5) is 5.69 Å². The van der Waals surface area contributed by atoms with Gasteiger partial charge in [0.2, 0.25) is 5.91 Å². The van der Waals surface area contributed by atoms with Crippen LogP contribution in [0.5, 0.6) is 0 Å². The van der Waals surface area contributed by atoms with E-state index in [0.29, 0.717) is 5.75 Å². The fourth-order valence-corrected chi connectivity index (χ4v) is 3.94. The Labute approximate surface area is 166 Å². The number of likely N-dealkylation sites (N-methyl/N-ethyl adjacent to an activating group) is 1. The van der Waals surface area contributed by atoms with Crippen LogP contribution in [0.3, 0.4) is 0 Å². The summed E-state index contributed by atoms with van der Waals surface area (Å²) in [5, 5.41) is 3.04. The van der Waals surface area contributed by atoms with Crippen molar-refractivity contribution in [3.63, 3.8) is 0 Å². The number of anilines is 1. The summed E-state index contributed by atoms with van der Waals surface area (Å²) in [5.41, 5.74) is 4.66. The van der Waals surface area contributed by atoms with Crippen molar-refractivity contribution in [1.82, 2.24) is 9.80 Å². The van der Waals surface area contributed by atoms with Gasteiger partial charge in [0.05, 0.1) is 5.75 Å². The second kappa shape index (κ2) is 9.93. The standard InChI is InChI=1S/C22H29N3OS/c1-18-6-8-19(9-7-18)16-27-17-22(26)23-21-5-3-4-20(14-21)15-25-12-10-24(2)11-13-25/h3-9,14H,10-13,15-17H2,1-2H3,(H,23,26). The fraction of sp³-hybridized carbons (Fsp3) is 0.409. The highest BCUT2D eigenvalue weighted by Gasteiger charge is 2.14. The second-order valence-corrected chi connectivity index (χ2v) is 8.29. The molecule has 2 aromatic carbocycles. The molecule has 1 fully saturated rings. The summed E-state index contributed by atoms with van der Waals surface area (Å²) in [6, 6.07) is 16.7. The molecule has 4 nitrogen and oxygen atoms in total. The first-order valence-electron chi connectivity index (χ1n) is 9.51. The summed E-state index contributed by atoms with van der Waals surface area (Å²) in [7, 11) is 2.17. The number of piperazine rings is 1. The number of carbonyl (C=O) groups excluding carboxylic acids is 1. The number of aryl methyl sites for hydroxylation is 1. The van der Waals surface area contributed by atoms with Crippen LogP contribution in [0.2, 0.25) is 0 Å². The molecule has 0 atom stereocenters. The van der Waals surface area contributed by atoms with Crippen molar-refractivity contribution in [2.24, 2.45) is 0 Å². The minimum atomic E-state index is 0.0591. The molecule has 144 valence electrons. The predicted molar refractivity (Wildman–Crippen MR) is 115 cm³/mol. The lowest BCUT2D eigenvalue weighted by atomic mass is 10.1. The molecule has 0 aromatic heterocycles. The fourth-order valence-electron chi connectivity index (χ4n) is 3.15. The lowest BCUT2D eigenvalue weighted by molar-refractivity contribution is -0.113. The van der Waals surface area contributed by atoms with Gasteiger partial charge in [0.1, 0.15) is 0 Å². The Hall–Kier alpha value is -1.82. The van der Waals surface area contributed by atoms with Gasteiger partial charge in [-0.15, -0.1) is 11.8 Å². The molecule has 5 heteroatoms. The first-order chi connectivity index (χ1) is 13.1. The Morgan fingerprint density at radius 1 is 1.04 bits per heavy atom. The van der Waals surface area contributed by atoms with Crippen LogP contribution >= 0.6 is 11.8 Å². The topological polar surface area (TPSA) is 35.6 Å². The van der Waals surface area contributed by atoms with Crippen LogP contribution in [-0.2, 0) is 17.1 Å². The molecule has 0 saturated carbocycles. The maximum atomic E-state index is 12.2. The molecular weight excluding hydrogens is 354 g/mol. The van der Waals surface area contributed by atoms with Gasteiger partial charge in [-0.1, -0.05) is 42.0 Å². The zero-order chi connectivity index (χ0) is 19.1. The maximum absolute atomic E-state index is 12.2.